The lowest BCUT2D eigenvalue weighted by atomic mass is 9.95. The SMILES string of the molecule is Cc1cc(N2C[C@@H](C)O[C@@H](C)C2)cc(C)c1CC(=O)N1CCC(CS(=O)(=O)C(C)C)CC1. The minimum absolute atomic E-state index is 0.141. The Kier molecular flexibility index (Phi) is 7.92. The molecule has 1 aromatic carbocycles. The molecule has 2 fully saturated rings. The van der Waals surface area contributed by atoms with E-state index in [-0.39, 0.29) is 35.0 Å². The monoisotopic (exact) mass is 464 g/mol. The highest BCUT2D eigenvalue weighted by atomic mass is 32.2. The van der Waals surface area contributed by atoms with Crippen LogP contribution in [0.15, 0.2) is 12.1 Å². The molecule has 0 N–H and O–H groups in total. The number of benzene rings is 1. The van der Waals surface area contributed by atoms with Gasteiger partial charge in [0, 0.05) is 31.9 Å². The van der Waals surface area contributed by atoms with Gasteiger partial charge in [-0.05, 0) is 89.1 Å². The highest BCUT2D eigenvalue weighted by Crippen LogP contribution is 2.27. The number of rotatable bonds is 6. The number of morpholine rings is 1. The molecule has 0 bridgehead atoms. The Balaban J connectivity index is 1.61. The van der Waals surface area contributed by atoms with Crippen LogP contribution in [-0.2, 0) is 25.8 Å². The fourth-order valence-corrected chi connectivity index (χ4v) is 6.33. The summed E-state index contributed by atoms with van der Waals surface area (Å²) in [6.45, 7) is 14.9. The van der Waals surface area contributed by atoms with E-state index in [1.807, 2.05) is 4.90 Å². The van der Waals surface area contributed by atoms with Gasteiger partial charge in [0.1, 0.15) is 0 Å². The van der Waals surface area contributed by atoms with E-state index in [0.29, 0.717) is 19.5 Å². The van der Waals surface area contributed by atoms with Crippen molar-refractivity contribution >= 4 is 21.4 Å². The van der Waals surface area contributed by atoms with Crippen LogP contribution in [0, 0.1) is 19.8 Å². The fourth-order valence-electron chi connectivity index (χ4n) is 4.95. The van der Waals surface area contributed by atoms with Gasteiger partial charge in [0.2, 0.25) is 5.91 Å². The molecule has 2 saturated heterocycles. The molecule has 1 aromatic rings. The molecule has 2 aliphatic heterocycles. The summed E-state index contributed by atoms with van der Waals surface area (Å²) in [5.41, 5.74) is 4.61. The van der Waals surface area contributed by atoms with Crippen molar-refractivity contribution in [2.24, 2.45) is 5.92 Å². The molecule has 0 radical (unpaired) electrons. The third-order valence-electron chi connectivity index (χ3n) is 6.95. The molecule has 0 unspecified atom stereocenters. The number of hydrogen-bond acceptors (Lipinski definition) is 5. The zero-order chi connectivity index (χ0) is 23.6. The fraction of sp³-hybridized carbons (Fsp3) is 0.720. The molecule has 6 nitrogen and oxygen atoms in total. The van der Waals surface area contributed by atoms with Crippen molar-refractivity contribution in [3.05, 3.63) is 28.8 Å². The highest BCUT2D eigenvalue weighted by molar-refractivity contribution is 7.91. The smallest absolute Gasteiger partial charge is 0.227 e. The number of nitrogens with zero attached hydrogens (tertiary/aromatic N) is 2. The van der Waals surface area contributed by atoms with Gasteiger partial charge in [-0.25, -0.2) is 8.42 Å². The lowest BCUT2D eigenvalue weighted by Gasteiger charge is -2.37. The number of hydrogen-bond donors (Lipinski definition) is 0. The summed E-state index contributed by atoms with van der Waals surface area (Å²) < 4.78 is 30.3. The summed E-state index contributed by atoms with van der Waals surface area (Å²) in [5.74, 6) is 0.542. The summed E-state index contributed by atoms with van der Waals surface area (Å²) in [6, 6.07) is 4.40. The Bertz CT molecular complexity index is 887. The third-order valence-corrected chi connectivity index (χ3v) is 9.32. The average molecular weight is 465 g/mol. The lowest BCUT2D eigenvalue weighted by molar-refractivity contribution is -0.131. The van der Waals surface area contributed by atoms with Crippen LogP contribution in [0.4, 0.5) is 5.69 Å². The third kappa shape index (κ3) is 6.04. The van der Waals surface area contributed by atoms with Crippen LogP contribution in [0.3, 0.4) is 0 Å². The largest absolute Gasteiger partial charge is 0.372 e. The van der Waals surface area contributed by atoms with Crippen LogP contribution >= 0.6 is 0 Å². The van der Waals surface area contributed by atoms with Crippen LogP contribution in [0.2, 0.25) is 0 Å². The maximum atomic E-state index is 13.0. The van der Waals surface area contributed by atoms with E-state index in [9.17, 15) is 13.2 Å². The van der Waals surface area contributed by atoms with Crippen molar-refractivity contribution in [1.82, 2.24) is 4.90 Å². The zero-order valence-corrected chi connectivity index (χ0v) is 21.4. The van der Waals surface area contributed by atoms with Crippen LogP contribution < -0.4 is 4.90 Å². The number of amides is 1. The number of carbonyl (C=O) groups is 1. The van der Waals surface area contributed by atoms with Gasteiger partial charge < -0.3 is 14.5 Å². The van der Waals surface area contributed by atoms with Gasteiger partial charge in [-0.3, -0.25) is 4.79 Å². The highest BCUT2D eigenvalue weighted by Gasteiger charge is 2.29. The van der Waals surface area contributed by atoms with Gasteiger partial charge in [0.05, 0.1) is 29.6 Å². The molecule has 0 saturated carbocycles. The molecule has 0 aliphatic carbocycles. The molecule has 180 valence electrons. The van der Waals surface area contributed by atoms with Crippen molar-refractivity contribution in [2.75, 3.05) is 36.8 Å². The van der Waals surface area contributed by atoms with E-state index in [1.165, 1.54) is 5.69 Å². The number of aryl methyl sites for hydroxylation is 2. The van der Waals surface area contributed by atoms with Gasteiger partial charge >= 0.3 is 0 Å². The van der Waals surface area contributed by atoms with Gasteiger partial charge in [-0.15, -0.1) is 0 Å². The number of likely N-dealkylation sites (tertiary alicyclic amines) is 1. The summed E-state index contributed by atoms with van der Waals surface area (Å²) >= 11 is 0. The average Bonchev–Trinajstić information content (AvgIpc) is 2.69. The quantitative estimate of drug-likeness (QED) is 0.644. The Morgan fingerprint density at radius 1 is 1.06 bits per heavy atom. The first-order valence-electron chi connectivity index (χ1n) is 12.0. The Morgan fingerprint density at radius 3 is 2.09 bits per heavy atom. The summed E-state index contributed by atoms with van der Waals surface area (Å²) in [4.78, 5) is 17.3. The van der Waals surface area contributed by atoms with Gasteiger partial charge in [0.25, 0.3) is 0 Å². The number of anilines is 1. The normalized spacial score (nSPS) is 23.1. The molecule has 0 aromatic heterocycles. The maximum absolute atomic E-state index is 13.0. The predicted octanol–water partition coefficient (Wildman–Crippen LogP) is 3.52. The van der Waals surface area contributed by atoms with E-state index < -0.39 is 9.84 Å². The minimum atomic E-state index is -3.03. The second-order valence-electron chi connectivity index (χ2n) is 10.1. The molecule has 2 aliphatic rings. The first-order chi connectivity index (χ1) is 15.0. The van der Waals surface area contributed by atoms with E-state index in [0.717, 1.165) is 42.6 Å². The van der Waals surface area contributed by atoms with Gasteiger partial charge in [-0.1, -0.05) is 0 Å². The molecule has 32 heavy (non-hydrogen) atoms. The van der Waals surface area contributed by atoms with E-state index in [4.69, 9.17) is 4.74 Å². The van der Waals surface area contributed by atoms with E-state index in [2.05, 4.69) is 44.7 Å². The predicted molar refractivity (Wildman–Crippen MR) is 130 cm³/mol. The maximum Gasteiger partial charge on any atom is 0.227 e. The molecule has 0 spiro atoms. The molecule has 3 rings (SSSR count). The van der Waals surface area contributed by atoms with Crippen LogP contribution in [0.5, 0.6) is 0 Å². The van der Waals surface area contributed by atoms with Crippen molar-refractivity contribution in [3.8, 4) is 0 Å². The molecule has 7 heteroatoms. The molecule has 2 atom stereocenters. The molecule has 1 amide bonds. The van der Waals surface area contributed by atoms with Crippen molar-refractivity contribution in [2.45, 2.75) is 78.3 Å². The number of ether oxygens (including phenoxy) is 1. The van der Waals surface area contributed by atoms with Crippen molar-refractivity contribution in [1.29, 1.82) is 0 Å². The number of sulfone groups is 1. The van der Waals surface area contributed by atoms with Crippen LogP contribution in [0.1, 0.15) is 57.2 Å². The van der Waals surface area contributed by atoms with Crippen molar-refractivity contribution in [3.63, 3.8) is 0 Å². The second kappa shape index (κ2) is 10.1. The topological polar surface area (TPSA) is 66.9 Å². The molecular weight excluding hydrogens is 424 g/mol. The van der Waals surface area contributed by atoms with Crippen molar-refractivity contribution < 1.29 is 17.9 Å². The number of carbonyl (C=O) groups excluding carboxylic acids is 1. The van der Waals surface area contributed by atoms with E-state index >= 15 is 0 Å². The number of piperidine rings is 1. The Labute approximate surface area is 194 Å². The van der Waals surface area contributed by atoms with Crippen LogP contribution in [-0.4, -0.2) is 68.6 Å². The van der Waals surface area contributed by atoms with Crippen LogP contribution in [0.25, 0.3) is 0 Å². The van der Waals surface area contributed by atoms with Gasteiger partial charge in [-0.2, -0.15) is 0 Å². The molecular formula is C25H40N2O4S. The van der Waals surface area contributed by atoms with Gasteiger partial charge in [0.15, 0.2) is 9.84 Å². The minimum Gasteiger partial charge on any atom is -0.372 e. The first kappa shape index (κ1) is 25.0. The Morgan fingerprint density at radius 2 is 1.59 bits per heavy atom. The van der Waals surface area contributed by atoms with E-state index in [1.54, 1.807) is 13.8 Å². The molecule has 2 heterocycles. The lowest BCUT2D eigenvalue weighted by Crippen LogP contribution is -2.45. The first-order valence-corrected chi connectivity index (χ1v) is 13.7. The second-order valence-corrected chi connectivity index (χ2v) is 12.7. The zero-order valence-electron chi connectivity index (χ0n) is 20.6. The Hall–Kier alpha value is -1.60. The standard InChI is InChI=1S/C25H40N2O4S/c1-17(2)32(29,30)16-22-7-9-26(10-8-22)25(28)13-24-18(3)11-23(12-19(24)4)27-14-20(5)31-21(6)15-27/h11-12,17,20-22H,7-10,13-16H2,1-6H3/t20-,21+. The summed E-state index contributed by atoms with van der Waals surface area (Å²) in [6.07, 6.45) is 2.35. The summed E-state index contributed by atoms with van der Waals surface area (Å²) in [7, 11) is -3.03. The summed E-state index contributed by atoms with van der Waals surface area (Å²) in [5, 5.41) is -0.333.